The van der Waals surface area contributed by atoms with Crippen molar-refractivity contribution in [2.24, 2.45) is 5.92 Å². The first-order chi connectivity index (χ1) is 9.15. The standard InChI is InChI=1S/C15H27NO3S/c1-7-10-20-13(17)9-8-12(2)11-16(6)14(18)19-15(3,4)5/h8-9,12H,7,10-11H2,1-6H3/b9-8-. The Balaban J connectivity index is 4.19. The number of rotatable bonds is 6. The third kappa shape index (κ3) is 9.89. The number of carbonyl (C=O) groups is 2. The van der Waals surface area contributed by atoms with Gasteiger partial charge in [-0.2, -0.15) is 0 Å². The maximum Gasteiger partial charge on any atom is 0.410 e. The minimum atomic E-state index is -0.489. The molecule has 0 aromatic heterocycles. The molecule has 0 fully saturated rings. The Morgan fingerprint density at radius 1 is 1.35 bits per heavy atom. The summed E-state index contributed by atoms with van der Waals surface area (Å²) in [7, 11) is 1.70. The number of hydrogen-bond donors (Lipinski definition) is 0. The summed E-state index contributed by atoms with van der Waals surface area (Å²) in [5, 5.41) is 0.0682. The zero-order valence-electron chi connectivity index (χ0n) is 13.4. The van der Waals surface area contributed by atoms with Gasteiger partial charge in [0, 0.05) is 19.3 Å². The molecule has 1 atom stereocenters. The van der Waals surface area contributed by atoms with Crippen LogP contribution in [0.15, 0.2) is 12.2 Å². The molecule has 5 heteroatoms. The second-order valence-corrected chi connectivity index (χ2v) is 6.96. The number of carbonyl (C=O) groups excluding carboxylic acids is 2. The van der Waals surface area contributed by atoms with E-state index in [0.29, 0.717) is 6.54 Å². The summed E-state index contributed by atoms with van der Waals surface area (Å²) in [6.07, 6.45) is 4.07. The minimum Gasteiger partial charge on any atom is -0.444 e. The molecule has 0 bridgehead atoms. The van der Waals surface area contributed by atoms with Crippen LogP contribution in [0.5, 0.6) is 0 Å². The molecule has 0 saturated heterocycles. The highest BCUT2D eigenvalue weighted by Gasteiger charge is 2.20. The predicted molar refractivity (Wildman–Crippen MR) is 84.9 cm³/mol. The van der Waals surface area contributed by atoms with Crippen LogP contribution in [0, 0.1) is 5.92 Å². The first-order valence-corrected chi connectivity index (χ1v) is 7.93. The molecule has 0 spiro atoms. The summed E-state index contributed by atoms with van der Waals surface area (Å²) in [4.78, 5) is 24.8. The Labute approximate surface area is 126 Å². The molecule has 1 unspecified atom stereocenters. The fraction of sp³-hybridized carbons (Fsp3) is 0.733. The summed E-state index contributed by atoms with van der Waals surface area (Å²) in [5.74, 6) is 0.953. The van der Waals surface area contributed by atoms with Crippen molar-refractivity contribution in [2.45, 2.75) is 46.6 Å². The molecule has 20 heavy (non-hydrogen) atoms. The van der Waals surface area contributed by atoms with Crippen molar-refractivity contribution in [3.8, 4) is 0 Å². The van der Waals surface area contributed by atoms with Crippen LogP contribution in [0.25, 0.3) is 0 Å². The van der Waals surface area contributed by atoms with Gasteiger partial charge in [-0.1, -0.05) is 31.7 Å². The highest BCUT2D eigenvalue weighted by Crippen LogP contribution is 2.11. The second kappa shape index (κ2) is 9.06. The first kappa shape index (κ1) is 19.0. The summed E-state index contributed by atoms with van der Waals surface area (Å²) < 4.78 is 5.27. The normalized spacial score (nSPS) is 13.3. The fourth-order valence-electron chi connectivity index (χ4n) is 1.40. The Morgan fingerprint density at radius 2 is 1.95 bits per heavy atom. The molecule has 0 radical (unpaired) electrons. The van der Waals surface area contributed by atoms with Crippen LogP contribution in [0.2, 0.25) is 0 Å². The van der Waals surface area contributed by atoms with Gasteiger partial charge in [0.1, 0.15) is 5.60 Å². The average molecular weight is 301 g/mol. The van der Waals surface area contributed by atoms with E-state index in [1.165, 1.54) is 16.7 Å². The van der Waals surface area contributed by atoms with E-state index in [4.69, 9.17) is 4.74 Å². The van der Waals surface area contributed by atoms with Crippen molar-refractivity contribution in [3.63, 3.8) is 0 Å². The van der Waals surface area contributed by atoms with Gasteiger partial charge in [-0.25, -0.2) is 4.79 Å². The third-order valence-corrected chi connectivity index (χ3v) is 3.31. The number of thioether (sulfide) groups is 1. The van der Waals surface area contributed by atoms with E-state index >= 15 is 0 Å². The molecule has 0 aromatic carbocycles. The van der Waals surface area contributed by atoms with Gasteiger partial charge in [-0.05, 0) is 39.2 Å². The van der Waals surface area contributed by atoms with E-state index in [-0.39, 0.29) is 17.1 Å². The van der Waals surface area contributed by atoms with Crippen LogP contribution in [-0.4, -0.2) is 41.1 Å². The zero-order valence-corrected chi connectivity index (χ0v) is 14.3. The Bertz CT molecular complexity index is 348. The zero-order chi connectivity index (χ0) is 15.8. The topological polar surface area (TPSA) is 46.6 Å². The molecule has 116 valence electrons. The van der Waals surface area contributed by atoms with Crippen molar-refractivity contribution in [3.05, 3.63) is 12.2 Å². The van der Waals surface area contributed by atoms with Gasteiger partial charge in [-0.3, -0.25) is 4.79 Å². The monoisotopic (exact) mass is 301 g/mol. The quantitative estimate of drug-likeness (QED) is 0.702. The van der Waals surface area contributed by atoms with Gasteiger partial charge in [-0.15, -0.1) is 0 Å². The van der Waals surface area contributed by atoms with Crippen LogP contribution in [-0.2, 0) is 9.53 Å². The van der Waals surface area contributed by atoms with Crippen LogP contribution >= 0.6 is 11.8 Å². The van der Waals surface area contributed by atoms with Gasteiger partial charge in [0.05, 0.1) is 0 Å². The molecule has 0 heterocycles. The maximum absolute atomic E-state index is 11.8. The van der Waals surface area contributed by atoms with Gasteiger partial charge >= 0.3 is 6.09 Å². The molecule has 4 nitrogen and oxygen atoms in total. The van der Waals surface area contributed by atoms with Crippen molar-refractivity contribution in [1.29, 1.82) is 0 Å². The van der Waals surface area contributed by atoms with Gasteiger partial charge < -0.3 is 9.64 Å². The second-order valence-electron chi connectivity index (χ2n) is 5.86. The first-order valence-electron chi connectivity index (χ1n) is 6.94. The molecular weight excluding hydrogens is 274 g/mol. The molecular formula is C15H27NO3S. The maximum atomic E-state index is 11.8. The molecule has 0 rings (SSSR count). The molecule has 0 saturated carbocycles. The van der Waals surface area contributed by atoms with E-state index in [2.05, 4.69) is 0 Å². The molecule has 0 aliphatic rings. The Hall–Kier alpha value is -0.970. The lowest BCUT2D eigenvalue weighted by Gasteiger charge is -2.25. The Kier molecular flexibility index (Phi) is 8.62. The van der Waals surface area contributed by atoms with Gasteiger partial charge in [0.25, 0.3) is 0 Å². The molecule has 1 amide bonds. The largest absolute Gasteiger partial charge is 0.444 e. The van der Waals surface area contributed by atoms with E-state index < -0.39 is 5.60 Å². The summed E-state index contributed by atoms with van der Waals surface area (Å²) in [6.45, 7) is 10.1. The summed E-state index contributed by atoms with van der Waals surface area (Å²) in [6, 6.07) is 0. The van der Waals surface area contributed by atoms with E-state index in [0.717, 1.165) is 12.2 Å². The summed E-state index contributed by atoms with van der Waals surface area (Å²) in [5.41, 5.74) is -0.489. The van der Waals surface area contributed by atoms with Crippen molar-refractivity contribution >= 4 is 23.0 Å². The van der Waals surface area contributed by atoms with Crippen molar-refractivity contribution in [1.82, 2.24) is 4.90 Å². The summed E-state index contributed by atoms with van der Waals surface area (Å²) >= 11 is 1.32. The highest BCUT2D eigenvalue weighted by atomic mass is 32.2. The molecule has 0 aliphatic carbocycles. The lowest BCUT2D eigenvalue weighted by Crippen LogP contribution is -2.36. The third-order valence-electron chi connectivity index (χ3n) is 2.28. The SMILES string of the molecule is CCCSC(=O)/C=C\C(C)CN(C)C(=O)OC(C)(C)C. The van der Waals surface area contributed by atoms with Crippen molar-refractivity contribution < 1.29 is 14.3 Å². The fourth-order valence-corrected chi connectivity index (χ4v) is 1.98. The van der Waals surface area contributed by atoms with Gasteiger partial charge in [0.2, 0.25) is 5.12 Å². The number of nitrogens with zero attached hydrogens (tertiary/aromatic N) is 1. The van der Waals surface area contributed by atoms with E-state index in [1.54, 1.807) is 13.1 Å². The van der Waals surface area contributed by atoms with Crippen LogP contribution in [0.3, 0.4) is 0 Å². The highest BCUT2D eigenvalue weighted by molar-refractivity contribution is 8.14. The lowest BCUT2D eigenvalue weighted by molar-refractivity contribution is -0.107. The minimum absolute atomic E-state index is 0.0682. The smallest absolute Gasteiger partial charge is 0.410 e. The van der Waals surface area contributed by atoms with Gasteiger partial charge in [0.15, 0.2) is 0 Å². The number of ether oxygens (including phenoxy) is 1. The Morgan fingerprint density at radius 3 is 2.45 bits per heavy atom. The van der Waals surface area contributed by atoms with E-state index in [1.807, 2.05) is 40.7 Å². The lowest BCUT2D eigenvalue weighted by atomic mass is 10.1. The number of amides is 1. The van der Waals surface area contributed by atoms with Crippen LogP contribution in [0.4, 0.5) is 4.79 Å². The average Bonchev–Trinajstić information content (AvgIpc) is 2.31. The number of hydrogen-bond acceptors (Lipinski definition) is 4. The molecule has 0 aromatic rings. The van der Waals surface area contributed by atoms with E-state index in [9.17, 15) is 9.59 Å². The molecule has 0 N–H and O–H groups in total. The van der Waals surface area contributed by atoms with Crippen LogP contribution in [0.1, 0.15) is 41.0 Å². The molecule has 0 aliphatic heterocycles. The van der Waals surface area contributed by atoms with Crippen molar-refractivity contribution in [2.75, 3.05) is 19.3 Å². The predicted octanol–water partition coefficient (Wildman–Crippen LogP) is 3.72. The van der Waals surface area contributed by atoms with Crippen LogP contribution < -0.4 is 0 Å².